The normalized spacial score (nSPS) is 14.3. The highest BCUT2D eigenvalue weighted by atomic mass is 19.1. The molecular formula is C14H21F. The molecule has 15 heavy (non-hydrogen) atoms. The van der Waals surface area contributed by atoms with E-state index in [0.29, 0.717) is 5.92 Å². The van der Waals surface area contributed by atoms with Crippen molar-refractivity contribution < 1.29 is 4.39 Å². The van der Waals surface area contributed by atoms with Crippen LogP contribution in [0.1, 0.15) is 57.8 Å². The van der Waals surface area contributed by atoms with Gasteiger partial charge in [-0.05, 0) is 22.5 Å². The minimum atomic E-state index is -0.890. The van der Waals surface area contributed by atoms with Crippen molar-refractivity contribution in [3.8, 4) is 0 Å². The van der Waals surface area contributed by atoms with E-state index in [0.717, 1.165) is 5.56 Å². The van der Waals surface area contributed by atoms with Crippen molar-refractivity contribution in [3.63, 3.8) is 0 Å². The molecule has 0 nitrogen and oxygen atoms in total. The predicted octanol–water partition coefficient (Wildman–Crippen LogP) is 4.87. The molecular weight excluding hydrogens is 187 g/mol. The van der Waals surface area contributed by atoms with Gasteiger partial charge in [-0.15, -0.1) is 0 Å². The summed E-state index contributed by atoms with van der Waals surface area (Å²) in [6.07, 6.45) is -0.890. The van der Waals surface area contributed by atoms with E-state index in [1.807, 2.05) is 45.0 Å². The summed E-state index contributed by atoms with van der Waals surface area (Å²) in [6.45, 7) is 10.1. The number of halogens is 1. The van der Waals surface area contributed by atoms with Crippen LogP contribution in [-0.2, 0) is 0 Å². The summed E-state index contributed by atoms with van der Waals surface area (Å²) in [5.74, 6) is 0.506. The van der Waals surface area contributed by atoms with Crippen LogP contribution in [0.3, 0.4) is 0 Å². The first kappa shape index (κ1) is 12.2. The van der Waals surface area contributed by atoms with Crippen molar-refractivity contribution in [2.24, 2.45) is 5.41 Å². The van der Waals surface area contributed by atoms with Crippen molar-refractivity contribution in [2.75, 3.05) is 0 Å². The number of hydrogen-bond acceptors (Lipinski definition) is 0. The van der Waals surface area contributed by atoms with Gasteiger partial charge >= 0.3 is 0 Å². The molecule has 0 N–H and O–H groups in total. The van der Waals surface area contributed by atoms with Crippen LogP contribution in [0.25, 0.3) is 0 Å². The SMILES string of the molecule is CC(C)c1ccc(C(F)C(C)(C)C)cc1. The summed E-state index contributed by atoms with van der Waals surface area (Å²) < 4.78 is 14.0. The maximum atomic E-state index is 14.0. The van der Waals surface area contributed by atoms with E-state index in [1.165, 1.54) is 5.56 Å². The van der Waals surface area contributed by atoms with Gasteiger partial charge in [0.25, 0.3) is 0 Å². The molecule has 0 aromatic heterocycles. The second kappa shape index (κ2) is 4.34. The lowest BCUT2D eigenvalue weighted by atomic mass is 9.85. The highest BCUT2D eigenvalue weighted by Crippen LogP contribution is 2.36. The topological polar surface area (TPSA) is 0 Å². The Bertz CT molecular complexity index is 303. The molecule has 1 aromatic rings. The molecule has 0 fully saturated rings. The van der Waals surface area contributed by atoms with Gasteiger partial charge in [-0.3, -0.25) is 0 Å². The Balaban J connectivity index is 2.89. The van der Waals surface area contributed by atoms with Crippen molar-refractivity contribution in [1.29, 1.82) is 0 Å². The molecule has 0 aliphatic rings. The molecule has 1 unspecified atom stereocenters. The van der Waals surface area contributed by atoms with Crippen LogP contribution < -0.4 is 0 Å². The Labute approximate surface area is 92.5 Å². The number of benzene rings is 1. The van der Waals surface area contributed by atoms with Crippen LogP contribution in [0, 0.1) is 5.41 Å². The second-order valence-corrected chi connectivity index (χ2v) is 5.55. The zero-order valence-corrected chi connectivity index (χ0v) is 10.3. The van der Waals surface area contributed by atoms with E-state index in [9.17, 15) is 4.39 Å². The van der Waals surface area contributed by atoms with Crippen LogP contribution >= 0.6 is 0 Å². The Morgan fingerprint density at radius 2 is 1.33 bits per heavy atom. The monoisotopic (exact) mass is 208 g/mol. The third-order valence-electron chi connectivity index (χ3n) is 2.66. The average Bonchev–Trinajstić information content (AvgIpc) is 2.15. The highest BCUT2D eigenvalue weighted by molar-refractivity contribution is 5.26. The molecule has 84 valence electrons. The van der Waals surface area contributed by atoms with Gasteiger partial charge < -0.3 is 0 Å². The predicted molar refractivity (Wildman–Crippen MR) is 63.8 cm³/mol. The molecule has 0 spiro atoms. The van der Waals surface area contributed by atoms with Crippen molar-refractivity contribution in [2.45, 2.75) is 46.7 Å². The second-order valence-electron chi connectivity index (χ2n) is 5.55. The maximum Gasteiger partial charge on any atom is 0.130 e. The Kier molecular flexibility index (Phi) is 3.54. The third-order valence-corrected chi connectivity index (χ3v) is 2.66. The lowest BCUT2D eigenvalue weighted by Gasteiger charge is -2.24. The van der Waals surface area contributed by atoms with E-state index in [1.54, 1.807) is 0 Å². The minimum Gasteiger partial charge on any atom is -0.242 e. The maximum absolute atomic E-state index is 14.0. The summed E-state index contributed by atoms with van der Waals surface area (Å²) in [5.41, 5.74) is 1.73. The van der Waals surface area contributed by atoms with Crippen molar-refractivity contribution >= 4 is 0 Å². The molecule has 0 radical (unpaired) electrons. The van der Waals surface area contributed by atoms with Gasteiger partial charge in [-0.25, -0.2) is 4.39 Å². The van der Waals surface area contributed by atoms with E-state index in [-0.39, 0.29) is 5.41 Å². The van der Waals surface area contributed by atoms with Crippen LogP contribution in [0.5, 0.6) is 0 Å². The van der Waals surface area contributed by atoms with E-state index in [4.69, 9.17) is 0 Å². The Morgan fingerprint density at radius 3 is 1.67 bits per heavy atom. The molecule has 0 aliphatic carbocycles. The summed E-state index contributed by atoms with van der Waals surface area (Å²) in [5, 5.41) is 0. The number of hydrogen-bond donors (Lipinski definition) is 0. The molecule has 1 rings (SSSR count). The van der Waals surface area contributed by atoms with Gasteiger partial charge in [-0.1, -0.05) is 58.9 Å². The molecule has 0 saturated carbocycles. The highest BCUT2D eigenvalue weighted by Gasteiger charge is 2.25. The molecule has 0 heterocycles. The lowest BCUT2D eigenvalue weighted by molar-refractivity contribution is 0.165. The first-order valence-electron chi connectivity index (χ1n) is 5.56. The fourth-order valence-corrected chi connectivity index (χ4v) is 1.55. The van der Waals surface area contributed by atoms with E-state index in [2.05, 4.69) is 13.8 Å². The molecule has 0 saturated heterocycles. The summed E-state index contributed by atoms with van der Waals surface area (Å²) in [4.78, 5) is 0. The third kappa shape index (κ3) is 3.05. The van der Waals surface area contributed by atoms with Gasteiger partial charge in [0.15, 0.2) is 0 Å². The van der Waals surface area contributed by atoms with E-state index < -0.39 is 6.17 Å². The molecule has 1 heteroatoms. The molecule has 1 atom stereocenters. The summed E-state index contributed by atoms with van der Waals surface area (Å²) in [6, 6.07) is 7.87. The zero-order valence-electron chi connectivity index (χ0n) is 10.3. The van der Waals surface area contributed by atoms with Crippen molar-refractivity contribution in [1.82, 2.24) is 0 Å². The van der Waals surface area contributed by atoms with Crippen LogP contribution in [0.15, 0.2) is 24.3 Å². The average molecular weight is 208 g/mol. The van der Waals surface area contributed by atoms with Gasteiger partial charge in [0, 0.05) is 0 Å². The quantitative estimate of drug-likeness (QED) is 0.650. The van der Waals surface area contributed by atoms with Gasteiger partial charge in [-0.2, -0.15) is 0 Å². The van der Waals surface area contributed by atoms with Crippen LogP contribution in [0.2, 0.25) is 0 Å². The first-order chi connectivity index (χ1) is 6.82. The van der Waals surface area contributed by atoms with Gasteiger partial charge in [0.2, 0.25) is 0 Å². The largest absolute Gasteiger partial charge is 0.242 e. The number of rotatable bonds is 2. The van der Waals surface area contributed by atoms with Gasteiger partial charge in [0.05, 0.1) is 0 Å². The van der Waals surface area contributed by atoms with Crippen LogP contribution in [-0.4, -0.2) is 0 Å². The Morgan fingerprint density at radius 1 is 0.933 bits per heavy atom. The summed E-state index contributed by atoms with van der Waals surface area (Å²) >= 11 is 0. The molecule has 0 amide bonds. The standard InChI is InChI=1S/C14H21F/c1-10(2)11-6-8-12(9-7-11)13(15)14(3,4)5/h6-10,13H,1-5H3. The fraction of sp³-hybridized carbons (Fsp3) is 0.571. The molecule has 0 aliphatic heterocycles. The minimum absolute atomic E-state index is 0.320. The zero-order chi connectivity index (χ0) is 11.6. The Hall–Kier alpha value is -0.850. The van der Waals surface area contributed by atoms with Crippen LogP contribution in [0.4, 0.5) is 4.39 Å². The first-order valence-corrected chi connectivity index (χ1v) is 5.56. The number of alkyl halides is 1. The lowest BCUT2D eigenvalue weighted by Crippen LogP contribution is -2.14. The smallest absolute Gasteiger partial charge is 0.130 e. The summed E-state index contributed by atoms with van der Waals surface area (Å²) in [7, 11) is 0. The fourth-order valence-electron chi connectivity index (χ4n) is 1.55. The van der Waals surface area contributed by atoms with Crippen molar-refractivity contribution in [3.05, 3.63) is 35.4 Å². The molecule has 0 bridgehead atoms. The molecule has 1 aromatic carbocycles. The van der Waals surface area contributed by atoms with E-state index >= 15 is 0 Å². The van der Waals surface area contributed by atoms with Gasteiger partial charge in [0.1, 0.15) is 6.17 Å².